The van der Waals surface area contributed by atoms with Crippen molar-refractivity contribution in [1.82, 2.24) is 4.57 Å². The first-order chi connectivity index (χ1) is 7.75. The largest absolute Gasteiger partial charge is 0.387 e. The lowest BCUT2D eigenvalue weighted by atomic mass is 10.3. The van der Waals surface area contributed by atoms with Crippen LogP contribution in [0.2, 0.25) is 0 Å². The number of rotatable bonds is 8. The van der Waals surface area contributed by atoms with E-state index in [2.05, 4.69) is 4.57 Å². The van der Waals surface area contributed by atoms with Crippen molar-refractivity contribution in [3.8, 4) is 0 Å². The highest BCUT2D eigenvalue weighted by Gasteiger charge is 2.05. The lowest BCUT2D eigenvalue weighted by Gasteiger charge is -2.11. The zero-order chi connectivity index (χ0) is 11.8. The smallest absolute Gasteiger partial charge is 0.0911 e. The minimum absolute atomic E-state index is 0.413. The van der Waals surface area contributed by atoms with E-state index in [4.69, 9.17) is 9.47 Å². The quantitative estimate of drug-likeness (QED) is 0.686. The number of ether oxygens (including phenoxy) is 2. The lowest BCUT2D eigenvalue weighted by molar-refractivity contribution is 0.0677. The highest BCUT2D eigenvalue weighted by Crippen LogP contribution is 2.13. The van der Waals surface area contributed by atoms with Gasteiger partial charge in [-0.3, -0.25) is 0 Å². The maximum atomic E-state index is 9.50. The molecular weight excluding hydrogens is 206 g/mol. The molecule has 0 aliphatic heterocycles. The van der Waals surface area contributed by atoms with Gasteiger partial charge in [-0.25, -0.2) is 0 Å². The van der Waals surface area contributed by atoms with Crippen LogP contribution in [-0.2, 0) is 16.0 Å². The summed E-state index contributed by atoms with van der Waals surface area (Å²) in [6.45, 7) is 4.66. The molecule has 0 fully saturated rings. The van der Waals surface area contributed by atoms with Crippen LogP contribution in [0.4, 0.5) is 0 Å². The Morgan fingerprint density at radius 2 is 2.19 bits per heavy atom. The average molecular weight is 227 g/mol. The Hall–Kier alpha value is -0.840. The van der Waals surface area contributed by atoms with Crippen LogP contribution in [0.3, 0.4) is 0 Å². The monoisotopic (exact) mass is 227 g/mol. The van der Waals surface area contributed by atoms with Crippen LogP contribution >= 0.6 is 0 Å². The highest BCUT2D eigenvalue weighted by atomic mass is 16.5. The predicted octanol–water partition coefficient (Wildman–Crippen LogP) is 1.59. The number of hydrogen-bond acceptors (Lipinski definition) is 3. The maximum Gasteiger partial charge on any atom is 0.0911 e. The van der Waals surface area contributed by atoms with Crippen LogP contribution in [0.1, 0.15) is 25.1 Å². The number of methoxy groups -OCH3 is 1. The molecule has 1 aromatic heterocycles. The third-order valence-corrected chi connectivity index (χ3v) is 2.41. The Labute approximate surface area is 96.8 Å². The summed E-state index contributed by atoms with van der Waals surface area (Å²) in [7, 11) is 1.66. The molecule has 92 valence electrons. The number of aromatic nitrogens is 1. The summed E-state index contributed by atoms with van der Waals surface area (Å²) in [4.78, 5) is 0. The van der Waals surface area contributed by atoms with Gasteiger partial charge in [0.25, 0.3) is 0 Å². The highest BCUT2D eigenvalue weighted by molar-refractivity contribution is 5.09. The first kappa shape index (κ1) is 13.2. The van der Waals surface area contributed by atoms with Crippen molar-refractivity contribution in [3.05, 3.63) is 24.0 Å². The van der Waals surface area contributed by atoms with Gasteiger partial charge in [-0.1, -0.05) is 0 Å². The van der Waals surface area contributed by atoms with E-state index in [1.54, 1.807) is 14.0 Å². The van der Waals surface area contributed by atoms with E-state index in [-0.39, 0.29) is 0 Å². The molecule has 1 N–H and O–H groups in total. The third-order valence-electron chi connectivity index (χ3n) is 2.41. The van der Waals surface area contributed by atoms with Gasteiger partial charge in [0.15, 0.2) is 0 Å². The lowest BCUT2D eigenvalue weighted by Crippen LogP contribution is -2.08. The zero-order valence-electron chi connectivity index (χ0n) is 10.1. The molecule has 0 aromatic carbocycles. The number of aliphatic hydroxyl groups is 1. The molecule has 1 atom stereocenters. The summed E-state index contributed by atoms with van der Waals surface area (Å²) in [5.41, 5.74) is 0.955. The van der Waals surface area contributed by atoms with Gasteiger partial charge in [0.05, 0.1) is 19.3 Å². The van der Waals surface area contributed by atoms with Gasteiger partial charge in [-0.05, 0) is 25.5 Å². The van der Waals surface area contributed by atoms with Gasteiger partial charge in [0, 0.05) is 32.2 Å². The van der Waals surface area contributed by atoms with E-state index in [1.807, 2.05) is 18.3 Å². The van der Waals surface area contributed by atoms with E-state index in [0.29, 0.717) is 13.2 Å². The summed E-state index contributed by atoms with van der Waals surface area (Å²) in [6.07, 6.45) is 2.51. The van der Waals surface area contributed by atoms with E-state index in [0.717, 1.165) is 25.3 Å². The van der Waals surface area contributed by atoms with Crippen molar-refractivity contribution >= 4 is 0 Å². The average Bonchev–Trinajstić information content (AvgIpc) is 2.71. The van der Waals surface area contributed by atoms with Crippen molar-refractivity contribution < 1.29 is 14.6 Å². The van der Waals surface area contributed by atoms with Crippen molar-refractivity contribution in [1.29, 1.82) is 0 Å². The molecule has 0 aliphatic rings. The van der Waals surface area contributed by atoms with E-state index in [9.17, 15) is 5.11 Å². The molecule has 16 heavy (non-hydrogen) atoms. The molecule has 0 spiro atoms. The molecular formula is C12H21NO3. The zero-order valence-corrected chi connectivity index (χ0v) is 10.1. The van der Waals surface area contributed by atoms with Crippen LogP contribution in [0.15, 0.2) is 18.3 Å². The number of hydrogen-bond donors (Lipinski definition) is 1. The maximum absolute atomic E-state index is 9.50. The second-order valence-electron chi connectivity index (χ2n) is 3.76. The van der Waals surface area contributed by atoms with Crippen LogP contribution in [-0.4, -0.2) is 36.6 Å². The summed E-state index contributed by atoms with van der Waals surface area (Å²) in [5.74, 6) is 0. The van der Waals surface area contributed by atoms with Crippen molar-refractivity contribution in [2.75, 3.05) is 26.9 Å². The molecule has 0 saturated heterocycles. The summed E-state index contributed by atoms with van der Waals surface area (Å²) < 4.78 is 12.3. The topological polar surface area (TPSA) is 43.6 Å². The second kappa shape index (κ2) is 7.44. The molecule has 0 aliphatic carbocycles. The molecule has 0 saturated carbocycles. The Balaban J connectivity index is 2.19. The normalized spacial score (nSPS) is 12.9. The predicted molar refractivity (Wildman–Crippen MR) is 62.4 cm³/mol. The van der Waals surface area contributed by atoms with Crippen LogP contribution < -0.4 is 0 Å². The van der Waals surface area contributed by atoms with E-state index in [1.165, 1.54) is 0 Å². The molecule has 1 aromatic rings. The number of aliphatic hydroxyl groups excluding tert-OH is 1. The molecule has 0 radical (unpaired) electrons. The first-order valence-corrected chi connectivity index (χ1v) is 5.65. The van der Waals surface area contributed by atoms with Crippen LogP contribution in [0.25, 0.3) is 0 Å². The second-order valence-corrected chi connectivity index (χ2v) is 3.76. The standard InChI is InChI=1S/C12H21NO3/c1-11(14)12-5-3-6-13(12)7-4-8-16-10-9-15-2/h3,5-6,11,14H,4,7-10H2,1-2H3. The van der Waals surface area contributed by atoms with Crippen molar-refractivity contribution in [2.45, 2.75) is 26.0 Å². The van der Waals surface area contributed by atoms with Gasteiger partial charge < -0.3 is 19.1 Å². The molecule has 1 heterocycles. The molecule has 4 nitrogen and oxygen atoms in total. The van der Waals surface area contributed by atoms with Gasteiger partial charge in [-0.2, -0.15) is 0 Å². The fraction of sp³-hybridized carbons (Fsp3) is 0.667. The van der Waals surface area contributed by atoms with Crippen LogP contribution in [0, 0.1) is 0 Å². The first-order valence-electron chi connectivity index (χ1n) is 5.65. The Bertz CT molecular complexity index is 284. The summed E-state index contributed by atoms with van der Waals surface area (Å²) in [5, 5.41) is 9.50. The minimum atomic E-state index is -0.413. The fourth-order valence-electron chi connectivity index (χ4n) is 1.59. The van der Waals surface area contributed by atoms with Gasteiger partial charge in [0.1, 0.15) is 0 Å². The van der Waals surface area contributed by atoms with Crippen molar-refractivity contribution in [2.24, 2.45) is 0 Å². The molecule has 1 unspecified atom stereocenters. The number of aryl methyl sites for hydroxylation is 1. The Morgan fingerprint density at radius 3 is 2.88 bits per heavy atom. The summed E-state index contributed by atoms with van der Waals surface area (Å²) >= 11 is 0. The molecule has 0 amide bonds. The van der Waals surface area contributed by atoms with E-state index >= 15 is 0 Å². The number of nitrogens with zero attached hydrogens (tertiary/aromatic N) is 1. The van der Waals surface area contributed by atoms with Crippen LogP contribution in [0.5, 0.6) is 0 Å². The minimum Gasteiger partial charge on any atom is -0.387 e. The van der Waals surface area contributed by atoms with Gasteiger partial charge >= 0.3 is 0 Å². The van der Waals surface area contributed by atoms with Gasteiger partial charge in [0.2, 0.25) is 0 Å². The molecule has 4 heteroatoms. The summed E-state index contributed by atoms with van der Waals surface area (Å²) in [6, 6.07) is 3.89. The molecule has 0 bridgehead atoms. The Morgan fingerprint density at radius 1 is 1.38 bits per heavy atom. The Kier molecular flexibility index (Phi) is 6.15. The molecule has 1 rings (SSSR count). The van der Waals surface area contributed by atoms with E-state index < -0.39 is 6.10 Å². The fourth-order valence-corrected chi connectivity index (χ4v) is 1.59. The van der Waals surface area contributed by atoms with Gasteiger partial charge in [-0.15, -0.1) is 0 Å². The SMILES string of the molecule is COCCOCCCn1cccc1C(C)O. The third kappa shape index (κ3) is 4.35. The van der Waals surface area contributed by atoms with Crippen molar-refractivity contribution in [3.63, 3.8) is 0 Å².